The molecule has 1 heterocycles. The van der Waals surface area contributed by atoms with E-state index in [4.69, 9.17) is 9.47 Å². The van der Waals surface area contributed by atoms with Gasteiger partial charge < -0.3 is 9.47 Å². The Bertz CT molecular complexity index is 109. The third kappa shape index (κ3) is 2.24. The molecule has 52 valence electrons. The average molecular weight is 148 g/mol. The van der Waals surface area contributed by atoms with E-state index in [1.54, 1.807) is 0 Å². The highest BCUT2D eigenvalue weighted by molar-refractivity contribution is 7.99. The molecule has 1 unspecified atom stereocenters. The van der Waals surface area contributed by atoms with Gasteiger partial charge in [0, 0.05) is 6.92 Å². The number of carbonyl (C=O) groups is 1. The van der Waals surface area contributed by atoms with Crippen molar-refractivity contribution in [2.24, 2.45) is 0 Å². The summed E-state index contributed by atoms with van der Waals surface area (Å²) < 4.78 is 9.75. The maximum Gasteiger partial charge on any atom is 0.303 e. The van der Waals surface area contributed by atoms with Crippen LogP contribution in [0.5, 0.6) is 0 Å². The van der Waals surface area contributed by atoms with Gasteiger partial charge in [-0.3, -0.25) is 4.79 Å². The average Bonchev–Trinajstić information content (AvgIpc) is 2.15. The first kappa shape index (κ1) is 6.89. The standard InChI is InChI=1S/C5H8O3S/c1-4(6)8-5-2-7-3-9-5/h5H,2-3H2,1H3. The lowest BCUT2D eigenvalue weighted by Crippen LogP contribution is -2.12. The Labute approximate surface area is 57.7 Å². The second-order valence-electron chi connectivity index (χ2n) is 1.69. The van der Waals surface area contributed by atoms with Crippen LogP contribution in [-0.2, 0) is 14.3 Å². The van der Waals surface area contributed by atoms with Crippen LogP contribution in [0.15, 0.2) is 0 Å². The number of hydrogen-bond donors (Lipinski definition) is 0. The van der Waals surface area contributed by atoms with E-state index in [0.29, 0.717) is 12.5 Å². The molecule has 3 nitrogen and oxygen atoms in total. The smallest absolute Gasteiger partial charge is 0.303 e. The van der Waals surface area contributed by atoms with Crippen LogP contribution in [-0.4, -0.2) is 24.0 Å². The maximum absolute atomic E-state index is 10.3. The Balaban J connectivity index is 2.19. The van der Waals surface area contributed by atoms with E-state index in [9.17, 15) is 4.79 Å². The lowest BCUT2D eigenvalue weighted by molar-refractivity contribution is -0.143. The summed E-state index contributed by atoms with van der Waals surface area (Å²) in [6.07, 6.45) is 0. The van der Waals surface area contributed by atoms with Crippen molar-refractivity contribution in [1.29, 1.82) is 0 Å². The molecule has 0 radical (unpaired) electrons. The Kier molecular flexibility index (Phi) is 2.36. The predicted octanol–water partition coefficient (Wildman–Crippen LogP) is 0.596. The monoisotopic (exact) mass is 148 g/mol. The zero-order chi connectivity index (χ0) is 6.69. The second kappa shape index (κ2) is 3.08. The van der Waals surface area contributed by atoms with Crippen LogP contribution in [0.1, 0.15) is 6.92 Å². The van der Waals surface area contributed by atoms with Gasteiger partial charge in [-0.15, -0.1) is 0 Å². The molecule has 1 aliphatic rings. The van der Waals surface area contributed by atoms with Crippen molar-refractivity contribution in [2.45, 2.75) is 12.4 Å². The van der Waals surface area contributed by atoms with Crippen LogP contribution < -0.4 is 0 Å². The van der Waals surface area contributed by atoms with Crippen molar-refractivity contribution < 1.29 is 14.3 Å². The Hall–Kier alpha value is -0.220. The van der Waals surface area contributed by atoms with Gasteiger partial charge in [-0.05, 0) is 0 Å². The van der Waals surface area contributed by atoms with E-state index in [1.807, 2.05) is 0 Å². The topological polar surface area (TPSA) is 35.5 Å². The summed E-state index contributed by atoms with van der Waals surface area (Å²) in [5.41, 5.74) is -0.0671. The molecular formula is C5H8O3S. The Morgan fingerprint density at radius 1 is 1.89 bits per heavy atom. The lowest BCUT2D eigenvalue weighted by Gasteiger charge is -2.04. The summed E-state index contributed by atoms with van der Waals surface area (Å²) in [5, 5.41) is 0. The van der Waals surface area contributed by atoms with Gasteiger partial charge >= 0.3 is 5.97 Å². The Morgan fingerprint density at radius 2 is 2.67 bits per heavy atom. The van der Waals surface area contributed by atoms with E-state index in [-0.39, 0.29) is 11.4 Å². The summed E-state index contributed by atoms with van der Waals surface area (Å²) in [7, 11) is 0. The Morgan fingerprint density at radius 3 is 3.11 bits per heavy atom. The number of rotatable bonds is 1. The molecule has 1 fully saturated rings. The van der Waals surface area contributed by atoms with Crippen molar-refractivity contribution in [3.8, 4) is 0 Å². The number of ether oxygens (including phenoxy) is 2. The SMILES string of the molecule is CC(=O)OC1COCS1. The summed E-state index contributed by atoms with van der Waals surface area (Å²) in [5.74, 6) is 0.399. The van der Waals surface area contributed by atoms with Crippen LogP contribution in [0.4, 0.5) is 0 Å². The second-order valence-corrected chi connectivity index (χ2v) is 2.79. The number of carbonyl (C=O) groups excluding carboxylic acids is 1. The molecule has 1 saturated heterocycles. The molecule has 0 spiro atoms. The molecule has 0 aromatic carbocycles. The molecule has 0 aromatic rings. The molecule has 9 heavy (non-hydrogen) atoms. The van der Waals surface area contributed by atoms with Crippen molar-refractivity contribution in [2.75, 3.05) is 12.5 Å². The lowest BCUT2D eigenvalue weighted by atomic mass is 10.7. The third-order valence-corrected chi connectivity index (χ3v) is 1.80. The zero-order valence-electron chi connectivity index (χ0n) is 5.12. The molecule has 0 bridgehead atoms. The van der Waals surface area contributed by atoms with E-state index in [1.165, 1.54) is 18.7 Å². The van der Waals surface area contributed by atoms with Gasteiger partial charge in [0.2, 0.25) is 0 Å². The van der Waals surface area contributed by atoms with Crippen LogP contribution >= 0.6 is 11.8 Å². The van der Waals surface area contributed by atoms with Gasteiger partial charge in [0.1, 0.15) is 0 Å². The molecular weight excluding hydrogens is 140 g/mol. The third-order valence-electron chi connectivity index (χ3n) is 0.889. The fraction of sp³-hybridized carbons (Fsp3) is 0.800. The highest BCUT2D eigenvalue weighted by atomic mass is 32.2. The van der Waals surface area contributed by atoms with Gasteiger partial charge in [0.15, 0.2) is 5.44 Å². The van der Waals surface area contributed by atoms with Gasteiger partial charge in [0.25, 0.3) is 0 Å². The van der Waals surface area contributed by atoms with E-state index in [0.717, 1.165) is 0 Å². The first-order valence-electron chi connectivity index (χ1n) is 2.65. The van der Waals surface area contributed by atoms with Crippen LogP contribution in [0.3, 0.4) is 0 Å². The number of thioether (sulfide) groups is 1. The molecule has 1 atom stereocenters. The number of esters is 1. The molecule has 0 amide bonds. The van der Waals surface area contributed by atoms with Gasteiger partial charge in [0.05, 0.1) is 12.5 Å². The largest absolute Gasteiger partial charge is 0.449 e. The quantitative estimate of drug-likeness (QED) is 0.510. The molecule has 4 heteroatoms. The first-order valence-corrected chi connectivity index (χ1v) is 3.70. The summed E-state index contributed by atoms with van der Waals surface area (Å²) in [6.45, 7) is 1.93. The molecule has 0 aliphatic carbocycles. The molecule has 1 rings (SSSR count). The van der Waals surface area contributed by atoms with E-state index < -0.39 is 0 Å². The summed E-state index contributed by atoms with van der Waals surface area (Å²) in [4.78, 5) is 10.3. The fourth-order valence-corrected chi connectivity index (χ4v) is 1.31. The van der Waals surface area contributed by atoms with Gasteiger partial charge in [-0.1, -0.05) is 11.8 Å². The van der Waals surface area contributed by atoms with E-state index in [2.05, 4.69) is 0 Å². The van der Waals surface area contributed by atoms with Crippen molar-refractivity contribution >= 4 is 17.7 Å². The minimum absolute atomic E-state index is 0.0671. The first-order chi connectivity index (χ1) is 4.29. The summed E-state index contributed by atoms with van der Waals surface area (Å²) >= 11 is 1.51. The zero-order valence-corrected chi connectivity index (χ0v) is 5.94. The highest BCUT2D eigenvalue weighted by Gasteiger charge is 2.18. The fourth-order valence-electron chi connectivity index (χ4n) is 0.570. The molecule has 1 aliphatic heterocycles. The molecule has 0 N–H and O–H groups in total. The van der Waals surface area contributed by atoms with Gasteiger partial charge in [-0.2, -0.15) is 0 Å². The minimum Gasteiger partial charge on any atom is -0.449 e. The molecule has 0 saturated carbocycles. The highest BCUT2D eigenvalue weighted by Crippen LogP contribution is 2.19. The minimum atomic E-state index is -0.238. The maximum atomic E-state index is 10.3. The van der Waals surface area contributed by atoms with Crippen molar-refractivity contribution in [3.05, 3.63) is 0 Å². The summed E-state index contributed by atoms with van der Waals surface area (Å²) in [6, 6.07) is 0. The van der Waals surface area contributed by atoms with Crippen LogP contribution in [0, 0.1) is 0 Å². The predicted molar refractivity (Wildman–Crippen MR) is 34.0 cm³/mol. The van der Waals surface area contributed by atoms with Crippen LogP contribution in [0.2, 0.25) is 0 Å². The molecule has 0 aromatic heterocycles. The van der Waals surface area contributed by atoms with E-state index >= 15 is 0 Å². The van der Waals surface area contributed by atoms with Crippen LogP contribution in [0.25, 0.3) is 0 Å². The van der Waals surface area contributed by atoms with Crippen molar-refractivity contribution in [1.82, 2.24) is 0 Å². The normalized spacial score (nSPS) is 26.1. The van der Waals surface area contributed by atoms with Gasteiger partial charge in [-0.25, -0.2) is 0 Å². The number of hydrogen-bond acceptors (Lipinski definition) is 4. The van der Waals surface area contributed by atoms with Crippen molar-refractivity contribution in [3.63, 3.8) is 0 Å².